The van der Waals surface area contributed by atoms with Crippen LogP contribution in [0.25, 0.3) is 0 Å². The lowest BCUT2D eigenvalue weighted by Gasteiger charge is -2.12. The van der Waals surface area contributed by atoms with Crippen molar-refractivity contribution in [3.8, 4) is 0 Å². The highest BCUT2D eigenvalue weighted by molar-refractivity contribution is 14.1. The third-order valence-electron chi connectivity index (χ3n) is 1.35. The highest BCUT2D eigenvalue weighted by atomic mass is 127. The Hall–Kier alpha value is 0.410. The van der Waals surface area contributed by atoms with Crippen molar-refractivity contribution in [2.24, 2.45) is 11.5 Å². The fourth-order valence-electron chi connectivity index (χ4n) is 0.685. The largest absolute Gasteiger partial charge is 0.480 e. The van der Waals surface area contributed by atoms with E-state index in [2.05, 4.69) is 22.6 Å². The Morgan fingerprint density at radius 1 is 1.50 bits per heavy atom. The first-order valence-electron chi connectivity index (χ1n) is 3.38. The molecule has 0 rings (SSSR count). The zero-order chi connectivity index (χ0) is 8.85. The van der Waals surface area contributed by atoms with Crippen LogP contribution in [0.4, 0.5) is 0 Å². The number of carboxylic acid groups (broad SMARTS) is 1. The molecule has 0 aromatic carbocycles. The van der Waals surface area contributed by atoms with Gasteiger partial charge < -0.3 is 16.6 Å². The van der Waals surface area contributed by atoms with E-state index in [1.807, 2.05) is 0 Å². The molecule has 0 aromatic rings. The van der Waals surface area contributed by atoms with Crippen molar-refractivity contribution in [3.05, 3.63) is 0 Å². The zero-order valence-corrected chi connectivity index (χ0v) is 9.55. The summed E-state index contributed by atoms with van der Waals surface area (Å²) in [4.78, 5) is 10.3. The summed E-state index contributed by atoms with van der Waals surface area (Å²) in [7, 11) is 0. The lowest BCUT2D eigenvalue weighted by atomic mass is 10.1. The van der Waals surface area contributed by atoms with E-state index in [1.54, 1.807) is 0 Å². The van der Waals surface area contributed by atoms with Gasteiger partial charge in [-0.05, 0) is 12.8 Å². The van der Waals surface area contributed by atoms with E-state index in [1.165, 1.54) is 0 Å². The van der Waals surface area contributed by atoms with E-state index < -0.39 is 12.0 Å². The van der Waals surface area contributed by atoms with Crippen LogP contribution in [0.1, 0.15) is 12.8 Å². The molecule has 0 bridgehead atoms. The Labute approximate surface area is 91.6 Å². The number of rotatable bonds is 5. The Morgan fingerprint density at radius 2 is 2.00 bits per heavy atom. The summed E-state index contributed by atoms with van der Waals surface area (Å²) in [5.74, 6) is -0.978. The normalized spacial score (nSPS) is 14.6. The molecule has 0 saturated heterocycles. The molecule has 0 amide bonds. The molecule has 0 aliphatic heterocycles. The van der Waals surface area contributed by atoms with Crippen LogP contribution in [-0.4, -0.2) is 27.6 Å². The van der Waals surface area contributed by atoms with Gasteiger partial charge >= 0.3 is 5.97 Å². The molecule has 6 heteroatoms. The van der Waals surface area contributed by atoms with Gasteiger partial charge in [-0.2, -0.15) is 0 Å². The summed E-state index contributed by atoms with van der Waals surface area (Å²) >= 11 is 2.20. The third kappa shape index (κ3) is 7.08. The number of halogens is 2. The van der Waals surface area contributed by atoms with E-state index in [-0.39, 0.29) is 18.4 Å². The standard InChI is InChI=1S/C6H13IN2O2.ClH/c7-2-1-4(8)3-5(9)6(10)11;/h4-5H,1-3,8-9H2,(H,10,11);1H/t4?,5-;/m0./s1. The van der Waals surface area contributed by atoms with Gasteiger partial charge in [0.05, 0.1) is 0 Å². The molecule has 12 heavy (non-hydrogen) atoms. The second kappa shape index (κ2) is 8.03. The first-order valence-corrected chi connectivity index (χ1v) is 4.90. The molecule has 0 radical (unpaired) electrons. The topological polar surface area (TPSA) is 89.3 Å². The maximum atomic E-state index is 10.3. The first-order chi connectivity index (χ1) is 5.07. The lowest BCUT2D eigenvalue weighted by molar-refractivity contribution is -0.138. The average Bonchev–Trinajstić information content (AvgIpc) is 1.87. The van der Waals surface area contributed by atoms with Gasteiger partial charge in [0.2, 0.25) is 0 Å². The van der Waals surface area contributed by atoms with Crippen LogP contribution in [0.15, 0.2) is 0 Å². The molecule has 4 nitrogen and oxygen atoms in total. The summed E-state index contributed by atoms with van der Waals surface area (Å²) in [5.41, 5.74) is 10.8. The van der Waals surface area contributed by atoms with Crippen LogP contribution < -0.4 is 11.5 Å². The van der Waals surface area contributed by atoms with E-state index in [0.29, 0.717) is 6.42 Å². The second-order valence-corrected chi connectivity index (χ2v) is 3.50. The van der Waals surface area contributed by atoms with Crippen molar-refractivity contribution < 1.29 is 9.90 Å². The van der Waals surface area contributed by atoms with Gasteiger partial charge in [-0.1, -0.05) is 22.6 Å². The maximum Gasteiger partial charge on any atom is 0.320 e. The number of carboxylic acids is 1. The van der Waals surface area contributed by atoms with Crippen molar-refractivity contribution in [1.82, 2.24) is 0 Å². The van der Waals surface area contributed by atoms with Crippen LogP contribution >= 0.6 is 35.0 Å². The highest BCUT2D eigenvalue weighted by Crippen LogP contribution is 2.00. The van der Waals surface area contributed by atoms with Crippen molar-refractivity contribution in [1.29, 1.82) is 0 Å². The summed E-state index contributed by atoms with van der Waals surface area (Å²) < 4.78 is 0.936. The SMILES string of the molecule is Cl.NC(CCI)C[C@H](N)C(=O)O. The van der Waals surface area contributed by atoms with Crippen LogP contribution in [0.2, 0.25) is 0 Å². The van der Waals surface area contributed by atoms with Crippen molar-refractivity contribution in [2.75, 3.05) is 4.43 Å². The Bertz CT molecular complexity index is 137. The molecular formula is C6H14ClIN2O2. The fraction of sp³-hybridized carbons (Fsp3) is 0.833. The van der Waals surface area contributed by atoms with Gasteiger partial charge in [0.25, 0.3) is 0 Å². The predicted molar refractivity (Wildman–Crippen MR) is 59.0 cm³/mol. The number of carbonyl (C=O) groups is 1. The predicted octanol–water partition coefficient (Wildman–Crippen LogP) is 0.363. The molecule has 0 spiro atoms. The van der Waals surface area contributed by atoms with Crippen molar-refractivity contribution >= 4 is 41.0 Å². The van der Waals surface area contributed by atoms with Gasteiger partial charge in [0, 0.05) is 10.5 Å². The number of hydrogen-bond acceptors (Lipinski definition) is 3. The Morgan fingerprint density at radius 3 is 2.33 bits per heavy atom. The second-order valence-electron chi connectivity index (χ2n) is 2.42. The van der Waals surface area contributed by atoms with Crippen LogP contribution in [0, 0.1) is 0 Å². The van der Waals surface area contributed by atoms with Crippen molar-refractivity contribution in [3.63, 3.8) is 0 Å². The average molecular weight is 309 g/mol. The molecule has 74 valence electrons. The molecule has 0 aliphatic carbocycles. The zero-order valence-electron chi connectivity index (χ0n) is 6.57. The van der Waals surface area contributed by atoms with Crippen LogP contribution in [0.3, 0.4) is 0 Å². The molecule has 0 saturated carbocycles. The molecular weight excluding hydrogens is 294 g/mol. The van der Waals surface area contributed by atoms with Gasteiger partial charge in [0.1, 0.15) is 6.04 Å². The summed E-state index contributed by atoms with van der Waals surface area (Å²) in [5, 5.41) is 8.42. The maximum absolute atomic E-state index is 10.3. The van der Waals surface area contributed by atoms with Crippen LogP contribution in [0.5, 0.6) is 0 Å². The van der Waals surface area contributed by atoms with Gasteiger partial charge in [0.15, 0.2) is 0 Å². The summed E-state index contributed by atoms with van der Waals surface area (Å²) in [6.07, 6.45) is 1.18. The quantitative estimate of drug-likeness (QED) is 0.505. The number of nitrogens with two attached hydrogens (primary N) is 2. The number of alkyl halides is 1. The van der Waals surface area contributed by atoms with E-state index in [9.17, 15) is 4.79 Å². The smallest absolute Gasteiger partial charge is 0.320 e. The van der Waals surface area contributed by atoms with E-state index in [4.69, 9.17) is 16.6 Å². The minimum absolute atomic E-state index is 0. The monoisotopic (exact) mass is 308 g/mol. The summed E-state index contributed by atoms with van der Waals surface area (Å²) in [6.45, 7) is 0. The molecule has 5 N–H and O–H groups in total. The number of hydrogen-bond donors (Lipinski definition) is 3. The molecule has 0 aliphatic rings. The minimum atomic E-state index is -0.978. The molecule has 0 fully saturated rings. The molecule has 2 atom stereocenters. The Balaban J connectivity index is 0. The molecule has 0 aromatic heterocycles. The highest BCUT2D eigenvalue weighted by Gasteiger charge is 2.14. The van der Waals surface area contributed by atoms with E-state index >= 15 is 0 Å². The minimum Gasteiger partial charge on any atom is -0.480 e. The first kappa shape index (κ1) is 14.9. The van der Waals surface area contributed by atoms with Crippen LogP contribution in [-0.2, 0) is 4.79 Å². The van der Waals surface area contributed by atoms with E-state index in [0.717, 1.165) is 10.8 Å². The van der Waals surface area contributed by atoms with Gasteiger partial charge in [-0.15, -0.1) is 12.4 Å². The Kier molecular flexibility index (Phi) is 9.97. The third-order valence-corrected chi connectivity index (χ3v) is 1.98. The van der Waals surface area contributed by atoms with Crippen molar-refractivity contribution in [2.45, 2.75) is 24.9 Å². The lowest BCUT2D eigenvalue weighted by Crippen LogP contribution is -2.37. The summed E-state index contributed by atoms with van der Waals surface area (Å²) in [6, 6.07) is -0.897. The van der Waals surface area contributed by atoms with Gasteiger partial charge in [-0.25, -0.2) is 0 Å². The van der Waals surface area contributed by atoms with Gasteiger partial charge in [-0.3, -0.25) is 4.79 Å². The number of aliphatic carboxylic acids is 1. The fourth-order valence-corrected chi connectivity index (χ4v) is 1.48. The molecule has 0 heterocycles. The molecule has 1 unspecified atom stereocenters.